The molecule has 0 aliphatic carbocycles. The molecule has 0 aliphatic heterocycles. The van der Waals surface area contributed by atoms with Gasteiger partial charge in [0.2, 0.25) is 0 Å². The molecular weight excluding hydrogens is 437 g/mol. The summed E-state index contributed by atoms with van der Waals surface area (Å²) >= 11 is 11.5. The third kappa shape index (κ3) is 5.52. The van der Waals surface area contributed by atoms with Crippen LogP contribution < -0.4 is 10.6 Å². The van der Waals surface area contributed by atoms with Gasteiger partial charge in [-0.3, -0.25) is 9.59 Å². The summed E-state index contributed by atoms with van der Waals surface area (Å²) < 4.78 is 76.9. The molecule has 2 aromatic carbocycles. The lowest BCUT2D eigenvalue weighted by molar-refractivity contribution is -0.143. The molecule has 2 aromatic rings. The van der Waals surface area contributed by atoms with Gasteiger partial charge in [0, 0.05) is 10.7 Å². The average molecular weight is 445 g/mol. The molecule has 0 aromatic heterocycles. The molecule has 2 N–H and O–H groups in total. The van der Waals surface area contributed by atoms with Gasteiger partial charge in [-0.1, -0.05) is 23.2 Å². The van der Waals surface area contributed by atoms with E-state index in [4.69, 9.17) is 23.2 Å². The zero-order valence-corrected chi connectivity index (χ0v) is 14.8. The highest BCUT2D eigenvalue weighted by Crippen LogP contribution is 2.37. The van der Waals surface area contributed by atoms with Gasteiger partial charge in [0.05, 0.1) is 21.8 Å². The lowest BCUT2D eigenvalue weighted by atomic mass is 10.1. The molecule has 0 bridgehead atoms. The fourth-order valence-electron chi connectivity index (χ4n) is 1.98. The van der Waals surface area contributed by atoms with Crippen LogP contribution in [0.4, 0.5) is 37.7 Å². The Labute approximate surface area is 163 Å². The number of alkyl halides is 6. The fourth-order valence-corrected chi connectivity index (χ4v) is 2.44. The van der Waals surface area contributed by atoms with Crippen LogP contribution in [0.2, 0.25) is 10.0 Å². The Hall–Kier alpha value is -2.46. The van der Waals surface area contributed by atoms with Crippen molar-refractivity contribution in [3.8, 4) is 0 Å². The summed E-state index contributed by atoms with van der Waals surface area (Å²) in [5.41, 5.74) is -4.17. The van der Waals surface area contributed by atoms with E-state index in [1.807, 2.05) is 0 Å². The van der Waals surface area contributed by atoms with Crippen molar-refractivity contribution in [3.05, 3.63) is 57.6 Å². The number of benzene rings is 2. The van der Waals surface area contributed by atoms with Crippen molar-refractivity contribution in [2.75, 3.05) is 10.6 Å². The van der Waals surface area contributed by atoms with E-state index in [2.05, 4.69) is 5.32 Å². The number of rotatable bonds is 2. The number of amides is 2. The highest BCUT2D eigenvalue weighted by atomic mass is 35.5. The van der Waals surface area contributed by atoms with Crippen LogP contribution in [0.1, 0.15) is 11.1 Å². The maximum Gasteiger partial charge on any atom is 0.416 e. The minimum absolute atomic E-state index is 0.0351. The molecule has 0 unspecified atom stereocenters. The summed E-state index contributed by atoms with van der Waals surface area (Å²) in [6.07, 6.45) is -10.2. The van der Waals surface area contributed by atoms with Crippen LogP contribution in [0.5, 0.6) is 0 Å². The van der Waals surface area contributed by atoms with Crippen LogP contribution in [-0.2, 0) is 21.9 Å². The second-order valence-electron chi connectivity index (χ2n) is 5.33. The molecule has 0 fully saturated rings. The highest BCUT2D eigenvalue weighted by Gasteiger charge is 2.37. The highest BCUT2D eigenvalue weighted by molar-refractivity contribution is 6.45. The molecule has 2 amide bonds. The van der Waals surface area contributed by atoms with E-state index in [0.29, 0.717) is 0 Å². The van der Waals surface area contributed by atoms with E-state index in [1.54, 1.807) is 5.32 Å². The molecule has 12 heteroatoms. The van der Waals surface area contributed by atoms with Gasteiger partial charge in [0.15, 0.2) is 0 Å². The first-order chi connectivity index (χ1) is 12.8. The number of hydrogen-bond acceptors (Lipinski definition) is 2. The van der Waals surface area contributed by atoms with E-state index in [0.717, 1.165) is 0 Å². The summed E-state index contributed by atoms with van der Waals surface area (Å²) in [5, 5.41) is 3.96. The summed E-state index contributed by atoms with van der Waals surface area (Å²) in [6, 6.07) is 4.28. The molecule has 0 saturated heterocycles. The third-order valence-electron chi connectivity index (χ3n) is 3.23. The van der Waals surface area contributed by atoms with Crippen molar-refractivity contribution < 1.29 is 35.9 Å². The second-order valence-corrected chi connectivity index (χ2v) is 6.17. The minimum atomic E-state index is -5.10. The number of carbonyl (C=O) groups is 2. The first-order valence-electron chi connectivity index (χ1n) is 7.14. The van der Waals surface area contributed by atoms with Gasteiger partial charge in [-0.2, -0.15) is 26.3 Å². The van der Waals surface area contributed by atoms with Crippen molar-refractivity contribution in [1.29, 1.82) is 0 Å². The van der Waals surface area contributed by atoms with E-state index in [1.165, 1.54) is 18.2 Å². The van der Waals surface area contributed by atoms with Crippen molar-refractivity contribution in [3.63, 3.8) is 0 Å². The topological polar surface area (TPSA) is 58.2 Å². The van der Waals surface area contributed by atoms with Crippen molar-refractivity contribution >= 4 is 46.4 Å². The first-order valence-corrected chi connectivity index (χ1v) is 7.90. The van der Waals surface area contributed by atoms with E-state index < -0.39 is 41.0 Å². The van der Waals surface area contributed by atoms with Gasteiger partial charge < -0.3 is 10.6 Å². The molecule has 0 saturated carbocycles. The second kappa shape index (κ2) is 7.88. The number of carbonyl (C=O) groups excluding carboxylic acids is 2. The molecule has 0 radical (unpaired) electrons. The quantitative estimate of drug-likeness (QED) is 0.467. The zero-order valence-electron chi connectivity index (χ0n) is 13.3. The Bertz CT molecular complexity index is 896. The zero-order chi connectivity index (χ0) is 21.3. The number of nitrogens with one attached hydrogen (secondary N) is 2. The molecular formula is C16H8Cl2F6N2O2. The van der Waals surface area contributed by atoms with Crippen molar-refractivity contribution in [2.24, 2.45) is 0 Å². The third-order valence-corrected chi connectivity index (χ3v) is 3.78. The number of anilines is 2. The fraction of sp³-hybridized carbons (Fsp3) is 0.125. The summed E-state index contributed by atoms with van der Waals surface area (Å²) in [5.74, 6) is -2.87. The molecule has 150 valence electrons. The Balaban J connectivity index is 2.26. The Morgan fingerprint density at radius 3 is 1.71 bits per heavy atom. The van der Waals surface area contributed by atoms with Gasteiger partial charge in [-0.25, -0.2) is 0 Å². The van der Waals surface area contributed by atoms with E-state index >= 15 is 0 Å². The minimum Gasteiger partial charge on any atom is -0.318 e. The van der Waals surface area contributed by atoms with Crippen LogP contribution in [0.3, 0.4) is 0 Å². The lowest BCUT2D eigenvalue weighted by Crippen LogP contribution is -2.29. The molecule has 4 nitrogen and oxygen atoms in total. The SMILES string of the molecule is O=C(Nc1cc(C(F)(F)F)cc(C(F)(F)F)c1)C(=O)Nc1ccc(Cl)cc1Cl. The van der Waals surface area contributed by atoms with E-state index in [-0.39, 0.29) is 33.9 Å². The van der Waals surface area contributed by atoms with Crippen LogP contribution in [0.25, 0.3) is 0 Å². The molecule has 0 atom stereocenters. The summed E-state index contributed by atoms with van der Waals surface area (Å²) in [4.78, 5) is 23.7. The smallest absolute Gasteiger partial charge is 0.318 e. The van der Waals surface area contributed by atoms with Gasteiger partial charge in [0.25, 0.3) is 0 Å². The molecule has 0 spiro atoms. The Morgan fingerprint density at radius 1 is 0.750 bits per heavy atom. The van der Waals surface area contributed by atoms with Gasteiger partial charge >= 0.3 is 24.2 Å². The van der Waals surface area contributed by atoms with Crippen molar-refractivity contribution in [2.45, 2.75) is 12.4 Å². The number of halogens is 8. The summed E-state index contributed by atoms with van der Waals surface area (Å²) in [6.45, 7) is 0. The number of hydrogen-bond donors (Lipinski definition) is 2. The van der Waals surface area contributed by atoms with Crippen LogP contribution in [-0.4, -0.2) is 11.8 Å². The molecule has 2 rings (SSSR count). The van der Waals surface area contributed by atoms with Gasteiger partial charge in [-0.05, 0) is 36.4 Å². The standard InChI is InChI=1S/C16H8Cl2F6N2O2/c17-9-1-2-12(11(18)6-9)26-14(28)13(27)25-10-4-7(15(19,20)21)3-8(5-10)16(22,23)24/h1-6H,(H,25,27)(H,26,28). The van der Waals surface area contributed by atoms with Crippen LogP contribution >= 0.6 is 23.2 Å². The predicted molar refractivity (Wildman–Crippen MR) is 90.2 cm³/mol. The lowest BCUT2D eigenvalue weighted by Gasteiger charge is -2.14. The Kier molecular flexibility index (Phi) is 6.15. The maximum absolute atomic E-state index is 12.8. The van der Waals surface area contributed by atoms with E-state index in [9.17, 15) is 35.9 Å². The normalized spacial score (nSPS) is 11.9. The molecule has 0 heterocycles. The maximum atomic E-state index is 12.8. The largest absolute Gasteiger partial charge is 0.416 e. The average Bonchev–Trinajstić information content (AvgIpc) is 2.55. The van der Waals surface area contributed by atoms with Crippen molar-refractivity contribution in [1.82, 2.24) is 0 Å². The first kappa shape index (κ1) is 21.8. The monoisotopic (exact) mass is 444 g/mol. The van der Waals surface area contributed by atoms with Crippen LogP contribution in [0.15, 0.2) is 36.4 Å². The summed E-state index contributed by atoms with van der Waals surface area (Å²) in [7, 11) is 0. The van der Waals surface area contributed by atoms with Crippen LogP contribution in [0, 0.1) is 0 Å². The molecule has 28 heavy (non-hydrogen) atoms. The van der Waals surface area contributed by atoms with Gasteiger partial charge in [0.1, 0.15) is 0 Å². The van der Waals surface area contributed by atoms with Gasteiger partial charge in [-0.15, -0.1) is 0 Å². The Morgan fingerprint density at radius 2 is 1.25 bits per heavy atom. The molecule has 0 aliphatic rings. The predicted octanol–water partition coefficient (Wildman–Crippen LogP) is 5.61.